The van der Waals surface area contributed by atoms with Crippen LogP contribution in [0.2, 0.25) is 0 Å². The Morgan fingerprint density at radius 1 is 1.50 bits per heavy atom. The summed E-state index contributed by atoms with van der Waals surface area (Å²) in [7, 11) is 0. The summed E-state index contributed by atoms with van der Waals surface area (Å²) < 4.78 is -1.32. The van der Waals surface area contributed by atoms with Crippen LogP contribution >= 0.6 is 15.9 Å². The highest BCUT2D eigenvalue weighted by Gasteiger charge is 2.34. The maximum Gasteiger partial charge on any atom is 0.411 e. The van der Waals surface area contributed by atoms with Crippen LogP contribution in [0, 0.1) is 10.1 Å². The predicted octanol–water partition coefficient (Wildman–Crippen LogP) is 2.95. The van der Waals surface area contributed by atoms with Gasteiger partial charge in [-0.2, -0.15) is 0 Å². The fraction of sp³-hybridized carbons (Fsp3) is 0.364. The van der Waals surface area contributed by atoms with Gasteiger partial charge in [0.15, 0.2) is 0 Å². The molecule has 0 radical (unpaired) electrons. The zero-order chi connectivity index (χ0) is 13.8. The number of nitrogens with zero attached hydrogens (tertiary/aromatic N) is 2. The van der Waals surface area contributed by atoms with E-state index in [2.05, 4.69) is 15.9 Å². The van der Waals surface area contributed by atoms with Gasteiger partial charge in [0.25, 0.3) is 4.45 Å². The van der Waals surface area contributed by atoms with Crippen LogP contribution in [0.1, 0.15) is 13.3 Å². The Bertz CT molecular complexity index is 436. The highest BCUT2D eigenvalue weighted by Crippen LogP contribution is 2.24. The van der Waals surface area contributed by atoms with E-state index < -0.39 is 15.5 Å². The van der Waals surface area contributed by atoms with Gasteiger partial charge in [-0.1, -0.05) is 18.2 Å². The van der Waals surface area contributed by atoms with Crippen molar-refractivity contribution in [2.45, 2.75) is 17.8 Å². The average molecular weight is 317 g/mol. The molecule has 1 N–H and O–H groups in total. The summed E-state index contributed by atoms with van der Waals surface area (Å²) in [4.78, 5) is 22.5. The number of anilines is 1. The Kier molecular flexibility index (Phi) is 4.66. The van der Waals surface area contributed by atoms with Crippen LogP contribution in [0.25, 0.3) is 0 Å². The molecule has 1 unspecified atom stereocenters. The third-order valence-corrected chi connectivity index (χ3v) is 3.16. The smallest absolute Gasteiger partial charge is 0.411 e. The van der Waals surface area contributed by atoms with E-state index in [1.807, 2.05) is 0 Å². The van der Waals surface area contributed by atoms with E-state index in [1.165, 1.54) is 6.92 Å². The molecular formula is C11H13BrN2O4. The summed E-state index contributed by atoms with van der Waals surface area (Å²) >= 11 is 2.98. The standard InChI is InChI=1S/C11H13BrN2O4/c1-11(12,14(17)18)7-8-13(10(15)16)9-5-3-2-4-6-9/h2-6H,7-8H2,1H3,(H,15,16). The van der Waals surface area contributed by atoms with Gasteiger partial charge < -0.3 is 5.11 Å². The summed E-state index contributed by atoms with van der Waals surface area (Å²) in [6.07, 6.45) is -1.06. The molecule has 7 heteroatoms. The van der Waals surface area contributed by atoms with E-state index in [0.717, 1.165) is 4.90 Å². The average Bonchev–Trinajstić information content (AvgIpc) is 2.29. The molecule has 1 rings (SSSR count). The van der Waals surface area contributed by atoms with Crippen molar-refractivity contribution in [3.63, 3.8) is 0 Å². The molecule has 0 spiro atoms. The number of hydrogen-bond donors (Lipinski definition) is 1. The molecule has 0 saturated heterocycles. The molecule has 18 heavy (non-hydrogen) atoms. The SMILES string of the molecule is CC(Br)(CCN(C(=O)O)c1ccccc1)[N+](=O)[O-]. The number of rotatable bonds is 5. The van der Waals surface area contributed by atoms with Crippen molar-refractivity contribution in [1.29, 1.82) is 0 Å². The molecule has 0 fully saturated rings. The van der Waals surface area contributed by atoms with E-state index in [1.54, 1.807) is 30.3 Å². The molecule has 0 saturated carbocycles. The van der Waals surface area contributed by atoms with Crippen molar-refractivity contribution < 1.29 is 14.8 Å². The number of carboxylic acid groups (broad SMARTS) is 1. The van der Waals surface area contributed by atoms with Crippen LogP contribution in [0.5, 0.6) is 0 Å². The van der Waals surface area contributed by atoms with Gasteiger partial charge in [0, 0.05) is 30.5 Å². The van der Waals surface area contributed by atoms with Crippen molar-refractivity contribution in [1.82, 2.24) is 0 Å². The van der Waals surface area contributed by atoms with Crippen molar-refractivity contribution in [2.75, 3.05) is 11.4 Å². The maximum absolute atomic E-state index is 11.1. The van der Waals surface area contributed by atoms with E-state index in [0.29, 0.717) is 5.69 Å². The quantitative estimate of drug-likeness (QED) is 0.392. The lowest BCUT2D eigenvalue weighted by Crippen LogP contribution is -2.36. The summed E-state index contributed by atoms with van der Waals surface area (Å²) in [6, 6.07) is 8.49. The van der Waals surface area contributed by atoms with Crippen LogP contribution < -0.4 is 4.90 Å². The van der Waals surface area contributed by atoms with Gasteiger partial charge in [-0.3, -0.25) is 15.0 Å². The lowest BCUT2D eigenvalue weighted by Gasteiger charge is -2.21. The maximum atomic E-state index is 11.1. The first-order chi connectivity index (χ1) is 8.34. The van der Waals surface area contributed by atoms with Crippen LogP contribution in [0.15, 0.2) is 30.3 Å². The van der Waals surface area contributed by atoms with Crippen molar-refractivity contribution in [2.24, 2.45) is 0 Å². The molecule has 0 bridgehead atoms. The first-order valence-corrected chi connectivity index (χ1v) is 6.03. The summed E-state index contributed by atoms with van der Waals surface area (Å²) in [5.41, 5.74) is 0.497. The normalized spacial score (nSPS) is 13.7. The van der Waals surface area contributed by atoms with Crippen molar-refractivity contribution in [3.05, 3.63) is 40.4 Å². The molecule has 0 heterocycles. The van der Waals surface area contributed by atoms with Crippen LogP contribution in [-0.2, 0) is 0 Å². The molecular weight excluding hydrogens is 304 g/mol. The third kappa shape index (κ3) is 3.69. The van der Waals surface area contributed by atoms with Crippen molar-refractivity contribution >= 4 is 27.7 Å². The first-order valence-electron chi connectivity index (χ1n) is 5.23. The van der Waals surface area contributed by atoms with Crippen LogP contribution in [0.3, 0.4) is 0 Å². The highest BCUT2D eigenvalue weighted by atomic mass is 79.9. The molecule has 98 valence electrons. The topological polar surface area (TPSA) is 83.7 Å². The Morgan fingerprint density at radius 2 is 2.06 bits per heavy atom. The minimum atomic E-state index is -1.32. The predicted molar refractivity (Wildman–Crippen MR) is 70.8 cm³/mol. The number of halogens is 1. The third-order valence-electron chi connectivity index (χ3n) is 2.47. The van der Waals surface area contributed by atoms with Gasteiger partial charge in [-0.15, -0.1) is 0 Å². The largest absolute Gasteiger partial charge is 0.465 e. The molecule has 6 nitrogen and oxygen atoms in total. The number of nitro groups is 1. The van der Waals surface area contributed by atoms with Gasteiger partial charge in [0.1, 0.15) is 0 Å². The van der Waals surface area contributed by atoms with Gasteiger partial charge in [-0.05, 0) is 28.1 Å². The second-order valence-electron chi connectivity index (χ2n) is 3.92. The minimum Gasteiger partial charge on any atom is -0.465 e. The number of alkyl halides is 1. The number of benzene rings is 1. The van der Waals surface area contributed by atoms with Gasteiger partial charge in [-0.25, -0.2) is 4.79 Å². The molecule has 0 aliphatic rings. The molecule has 0 aromatic heterocycles. The number of para-hydroxylation sites is 1. The lowest BCUT2D eigenvalue weighted by atomic mass is 10.2. The zero-order valence-corrected chi connectivity index (χ0v) is 11.3. The summed E-state index contributed by atoms with van der Waals surface area (Å²) in [6.45, 7) is 1.44. The van der Waals surface area contributed by atoms with Crippen molar-refractivity contribution in [3.8, 4) is 0 Å². The first kappa shape index (κ1) is 14.4. The monoisotopic (exact) mass is 316 g/mol. The Balaban J connectivity index is 2.78. The van der Waals surface area contributed by atoms with Gasteiger partial charge in [0.2, 0.25) is 0 Å². The molecule has 0 aliphatic carbocycles. The Morgan fingerprint density at radius 3 is 2.50 bits per heavy atom. The number of amides is 1. The van der Waals surface area contributed by atoms with E-state index >= 15 is 0 Å². The Labute approximate surface area is 112 Å². The molecule has 1 amide bonds. The van der Waals surface area contributed by atoms with Crippen LogP contribution in [-0.4, -0.2) is 27.1 Å². The van der Waals surface area contributed by atoms with E-state index in [4.69, 9.17) is 5.11 Å². The fourth-order valence-electron chi connectivity index (χ4n) is 1.35. The summed E-state index contributed by atoms with van der Waals surface area (Å²) in [5, 5.41) is 19.8. The number of carbonyl (C=O) groups is 1. The lowest BCUT2D eigenvalue weighted by molar-refractivity contribution is -0.531. The molecule has 1 aromatic rings. The van der Waals surface area contributed by atoms with Gasteiger partial charge in [0.05, 0.1) is 0 Å². The second kappa shape index (κ2) is 5.81. The minimum absolute atomic E-state index is 0.0437. The fourth-order valence-corrected chi connectivity index (χ4v) is 1.53. The zero-order valence-electron chi connectivity index (χ0n) is 9.75. The highest BCUT2D eigenvalue weighted by molar-refractivity contribution is 9.10. The van der Waals surface area contributed by atoms with Crippen LogP contribution in [0.4, 0.5) is 10.5 Å². The van der Waals surface area contributed by atoms with Gasteiger partial charge >= 0.3 is 6.09 Å². The number of hydrogen-bond acceptors (Lipinski definition) is 3. The Hall–Kier alpha value is -1.63. The molecule has 1 aromatic carbocycles. The van der Waals surface area contributed by atoms with E-state index in [-0.39, 0.29) is 13.0 Å². The molecule has 1 atom stereocenters. The second-order valence-corrected chi connectivity index (χ2v) is 5.63. The molecule has 0 aliphatic heterocycles. The van der Waals surface area contributed by atoms with E-state index in [9.17, 15) is 14.9 Å². The summed E-state index contributed by atoms with van der Waals surface area (Å²) in [5.74, 6) is 0.